The van der Waals surface area contributed by atoms with Gasteiger partial charge >= 0.3 is 5.97 Å². The number of carbonyl (C=O) groups is 1. The van der Waals surface area contributed by atoms with Gasteiger partial charge in [-0.05, 0) is 34.9 Å². The topological polar surface area (TPSA) is 75.6 Å². The molecule has 0 radical (unpaired) electrons. The maximum atomic E-state index is 13.0. The third kappa shape index (κ3) is 5.08. The quantitative estimate of drug-likeness (QED) is 0.450. The Kier molecular flexibility index (Phi) is 5.99. The van der Waals surface area contributed by atoms with Gasteiger partial charge in [-0.2, -0.15) is 0 Å². The first-order valence-electron chi connectivity index (χ1n) is 9.05. The molecule has 2 atom stereocenters. The largest absolute Gasteiger partial charge is 0.464 e. The summed E-state index contributed by atoms with van der Waals surface area (Å²) in [7, 11) is -3.76. The molecule has 3 rings (SSSR count). The molecule has 5 nitrogen and oxygen atoms in total. The fourth-order valence-corrected chi connectivity index (χ4v) is 4.96. The summed E-state index contributed by atoms with van der Waals surface area (Å²) >= 11 is 0. The van der Waals surface area contributed by atoms with Crippen LogP contribution in [0, 0.1) is 0 Å². The van der Waals surface area contributed by atoms with Crippen LogP contribution in [-0.4, -0.2) is 17.5 Å². The molecule has 0 saturated heterocycles. The molecule has 2 N–H and O–H groups in total. The highest BCUT2D eigenvalue weighted by Gasteiger charge is 2.35. The van der Waals surface area contributed by atoms with E-state index in [9.17, 15) is 14.3 Å². The Morgan fingerprint density at radius 3 is 2.36 bits per heavy atom. The van der Waals surface area contributed by atoms with Crippen molar-refractivity contribution < 1.29 is 19.0 Å². The molecule has 0 bridgehead atoms. The van der Waals surface area contributed by atoms with Crippen LogP contribution in [0.15, 0.2) is 72.8 Å². The van der Waals surface area contributed by atoms with Gasteiger partial charge in [-0.1, -0.05) is 66.7 Å². The second kappa shape index (κ2) is 8.27. The highest BCUT2D eigenvalue weighted by Crippen LogP contribution is 2.44. The van der Waals surface area contributed by atoms with Gasteiger partial charge in [-0.15, -0.1) is 0 Å². The Morgan fingerprint density at radius 2 is 1.68 bits per heavy atom. The summed E-state index contributed by atoms with van der Waals surface area (Å²) in [6.45, 7) is 3.04. The standard InChI is InChI=1S/C22H24NO4P/c1-17(24)27-16-22(2,21-13-12-19-10-6-7-11-20(19)14-21)23-28(25,26)15-18-8-4-3-5-9-18/h3-14H,15-16H2,1-2H3,(H2,23,25,26). The average molecular weight is 397 g/mol. The molecule has 0 fully saturated rings. The first kappa shape index (κ1) is 20.3. The number of rotatable bonds is 7. The van der Waals surface area contributed by atoms with Crippen LogP contribution in [0.25, 0.3) is 10.8 Å². The molecule has 0 heterocycles. The lowest BCUT2D eigenvalue weighted by Crippen LogP contribution is -2.42. The maximum absolute atomic E-state index is 13.0. The van der Waals surface area contributed by atoms with Crippen molar-refractivity contribution in [3.8, 4) is 0 Å². The molecule has 0 aliphatic heterocycles. The van der Waals surface area contributed by atoms with Gasteiger partial charge < -0.3 is 9.63 Å². The van der Waals surface area contributed by atoms with Crippen LogP contribution in [0.5, 0.6) is 0 Å². The van der Waals surface area contributed by atoms with Crippen molar-refractivity contribution in [1.82, 2.24) is 5.09 Å². The van der Waals surface area contributed by atoms with Crippen molar-refractivity contribution in [2.24, 2.45) is 0 Å². The molecule has 28 heavy (non-hydrogen) atoms. The predicted molar refractivity (Wildman–Crippen MR) is 111 cm³/mol. The first-order chi connectivity index (χ1) is 13.3. The molecule has 0 saturated carbocycles. The lowest BCUT2D eigenvalue weighted by Gasteiger charge is -2.33. The molecule has 3 aromatic rings. The summed E-state index contributed by atoms with van der Waals surface area (Å²) < 4.78 is 18.2. The van der Waals surface area contributed by atoms with Crippen molar-refractivity contribution >= 4 is 24.3 Å². The number of hydrogen-bond acceptors (Lipinski definition) is 3. The van der Waals surface area contributed by atoms with Crippen molar-refractivity contribution in [3.05, 3.63) is 83.9 Å². The predicted octanol–water partition coefficient (Wildman–Crippen LogP) is 4.59. The minimum Gasteiger partial charge on any atom is -0.464 e. The van der Waals surface area contributed by atoms with Crippen LogP contribution in [0.3, 0.4) is 0 Å². The van der Waals surface area contributed by atoms with E-state index in [1.54, 1.807) is 6.92 Å². The van der Waals surface area contributed by atoms with Crippen molar-refractivity contribution in [3.63, 3.8) is 0 Å². The van der Waals surface area contributed by atoms with Gasteiger partial charge in [0.25, 0.3) is 7.52 Å². The third-order valence-corrected chi connectivity index (χ3v) is 6.25. The van der Waals surface area contributed by atoms with Gasteiger partial charge in [-0.3, -0.25) is 9.36 Å². The number of nitrogens with one attached hydrogen (secondary N) is 1. The monoisotopic (exact) mass is 397 g/mol. The lowest BCUT2D eigenvalue weighted by molar-refractivity contribution is -0.143. The summed E-state index contributed by atoms with van der Waals surface area (Å²) in [5.41, 5.74) is 0.512. The number of carbonyl (C=O) groups excluding carboxylic acids is 1. The number of fused-ring (bicyclic) bond motifs is 1. The minimum absolute atomic E-state index is 0.0168. The fourth-order valence-electron chi connectivity index (χ4n) is 3.21. The van der Waals surface area contributed by atoms with Gasteiger partial charge in [0, 0.05) is 6.92 Å². The Morgan fingerprint density at radius 1 is 1.04 bits per heavy atom. The lowest BCUT2D eigenvalue weighted by atomic mass is 9.92. The molecule has 6 heteroatoms. The molecule has 0 aliphatic rings. The van der Waals surface area contributed by atoms with Crippen molar-refractivity contribution in [2.45, 2.75) is 25.5 Å². The zero-order chi connectivity index (χ0) is 20.2. The summed E-state index contributed by atoms with van der Waals surface area (Å²) in [5, 5.41) is 4.96. The number of ether oxygens (including phenoxy) is 1. The van der Waals surface area contributed by atoms with Crippen LogP contribution in [-0.2, 0) is 25.8 Å². The van der Waals surface area contributed by atoms with E-state index in [0.29, 0.717) is 0 Å². The van der Waals surface area contributed by atoms with Gasteiger partial charge in [-0.25, -0.2) is 5.09 Å². The second-order valence-electron chi connectivity index (χ2n) is 7.13. The van der Waals surface area contributed by atoms with Crippen molar-refractivity contribution in [2.75, 3.05) is 6.61 Å². The van der Waals surface area contributed by atoms with Crippen molar-refractivity contribution in [1.29, 1.82) is 0 Å². The summed E-state index contributed by atoms with van der Waals surface area (Å²) in [5.74, 6) is -0.440. The Bertz CT molecular complexity index is 1020. The fraction of sp³-hybridized carbons (Fsp3) is 0.227. The van der Waals surface area contributed by atoms with Gasteiger partial charge in [0.1, 0.15) is 6.61 Å². The van der Waals surface area contributed by atoms with Crippen LogP contribution < -0.4 is 5.09 Å². The van der Waals surface area contributed by atoms with E-state index in [1.165, 1.54) is 6.92 Å². The smallest absolute Gasteiger partial charge is 0.302 e. The van der Waals surface area contributed by atoms with Crippen LogP contribution in [0.1, 0.15) is 25.0 Å². The average Bonchev–Trinajstić information content (AvgIpc) is 2.66. The van der Waals surface area contributed by atoms with Gasteiger partial charge in [0.05, 0.1) is 11.7 Å². The number of hydrogen-bond donors (Lipinski definition) is 2. The zero-order valence-corrected chi connectivity index (χ0v) is 16.9. The highest BCUT2D eigenvalue weighted by molar-refractivity contribution is 7.55. The molecular weight excluding hydrogens is 373 g/mol. The Hall–Kier alpha value is -2.46. The summed E-state index contributed by atoms with van der Waals surface area (Å²) in [6.07, 6.45) is -0.0168. The Balaban J connectivity index is 1.94. The number of benzene rings is 3. The van der Waals surface area contributed by atoms with Gasteiger partial charge in [0.15, 0.2) is 0 Å². The van der Waals surface area contributed by atoms with Crippen LogP contribution in [0.4, 0.5) is 0 Å². The molecular formula is C22H24NO4P. The molecule has 0 amide bonds. The normalized spacial score (nSPS) is 15.5. The molecule has 0 aliphatic carbocycles. The molecule has 3 aromatic carbocycles. The minimum atomic E-state index is -3.76. The van der Waals surface area contributed by atoms with E-state index in [4.69, 9.17) is 4.74 Å². The highest BCUT2D eigenvalue weighted by atomic mass is 31.2. The molecule has 2 unspecified atom stereocenters. The van der Waals surface area contributed by atoms with E-state index in [1.807, 2.05) is 72.8 Å². The number of esters is 1. The Labute approximate surface area is 164 Å². The van der Waals surface area contributed by atoms with E-state index in [0.717, 1.165) is 21.9 Å². The first-order valence-corrected chi connectivity index (χ1v) is 10.9. The molecule has 0 spiro atoms. The van der Waals surface area contributed by atoms with E-state index in [2.05, 4.69) is 5.09 Å². The molecule has 146 valence electrons. The molecule has 0 aromatic heterocycles. The third-order valence-electron chi connectivity index (χ3n) is 4.61. The zero-order valence-electron chi connectivity index (χ0n) is 16.0. The van der Waals surface area contributed by atoms with E-state index in [-0.39, 0.29) is 12.8 Å². The second-order valence-corrected chi connectivity index (χ2v) is 9.07. The maximum Gasteiger partial charge on any atom is 0.302 e. The van der Waals surface area contributed by atoms with Crippen LogP contribution >= 0.6 is 7.52 Å². The van der Waals surface area contributed by atoms with Crippen LogP contribution in [0.2, 0.25) is 0 Å². The summed E-state index contributed by atoms with van der Waals surface area (Å²) in [4.78, 5) is 22.1. The van der Waals surface area contributed by atoms with Gasteiger partial charge in [0.2, 0.25) is 0 Å². The van der Waals surface area contributed by atoms with E-state index < -0.39 is 19.0 Å². The van der Waals surface area contributed by atoms with E-state index >= 15 is 0 Å². The summed E-state index contributed by atoms with van der Waals surface area (Å²) in [6, 6.07) is 22.8. The SMILES string of the molecule is CC(=O)OCC(C)(NP(=O)(O)Cc1ccccc1)c1ccc2ccccc2c1.